The second kappa shape index (κ2) is 10.3. The van der Waals surface area contributed by atoms with Crippen LogP contribution in [0.1, 0.15) is 58.6 Å². The number of amides is 2. The van der Waals surface area contributed by atoms with Gasteiger partial charge in [-0.25, -0.2) is 4.79 Å². The Morgan fingerprint density at radius 3 is 2.29 bits per heavy atom. The minimum Gasteiger partial charge on any atom is -0.497 e. The fourth-order valence-corrected chi connectivity index (χ4v) is 4.19. The van der Waals surface area contributed by atoms with Crippen LogP contribution in [0.2, 0.25) is 0 Å². The molecule has 2 amide bonds. The van der Waals surface area contributed by atoms with Gasteiger partial charge in [-0.05, 0) is 69.9 Å². The summed E-state index contributed by atoms with van der Waals surface area (Å²) >= 11 is 0. The van der Waals surface area contributed by atoms with E-state index in [0.29, 0.717) is 25.9 Å². The summed E-state index contributed by atoms with van der Waals surface area (Å²) in [6.07, 6.45) is 0.722. The molecule has 1 N–H and O–H groups in total. The van der Waals surface area contributed by atoms with Gasteiger partial charge in [0.1, 0.15) is 11.4 Å². The van der Waals surface area contributed by atoms with E-state index in [-0.39, 0.29) is 11.4 Å². The van der Waals surface area contributed by atoms with Gasteiger partial charge in [-0.15, -0.1) is 0 Å². The van der Waals surface area contributed by atoms with E-state index in [9.17, 15) is 9.59 Å². The van der Waals surface area contributed by atoms with E-state index in [0.717, 1.165) is 28.0 Å². The zero-order chi connectivity index (χ0) is 24.9. The average Bonchev–Trinajstić information content (AvgIpc) is 3.00. The third-order valence-electron chi connectivity index (χ3n) is 5.87. The van der Waals surface area contributed by atoms with Crippen LogP contribution in [0, 0.1) is 0 Å². The molecule has 0 atom stereocenters. The number of hydrogen-bond donors (Lipinski definition) is 1. The summed E-state index contributed by atoms with van der Waals surface area (Å²) in [4.78, 5) is 27.8. The average molecular weight is 465 g/mol. The number of ether oxygens (including phenoxy) is 2. The van der Waals surface area contributed by atoms with Crippen molar-refractivity contribution in [2.75, 3.05) is 13.7 Å². The highest BCUT2D eigenvalue weighted by Gasteiger charge is 2.42. The monoisotopic (exact) mass is 464 g/mol. The Morgan fingerprint density at radius 1 is 1.06 bits per heavy atom. The molecule has 1 heterocycles. The largest absolute Gasteiger partial charge is 0.497 e. The number of nitrogens with one attached hydrogen (secondary N) is 1. The molecule has 2 aromatic rings. The predicted octanol–water partition coefficient (Wildman–Crippen LogP) is 5.57. The van der Waals surface area contributed by atoms with Crippen molar-refractivity contribution in [3.63, 3.8) is 0 Å². The second-order valence-electron chi connectivity index (χ2n) is 10.2. The Kier molecular flexibility index (Phi) is 7.70. The molecule has 0 radical (unpaired) electrons. The zero-order valence-corrected chi connectivity index (χ0v) is 21.1. The molecule has 1 fully saturated rings. The van der Waals surface area contributed by atoms with Crippen LogP contribution in [0.15, 0.2) is 60.2 Å². The number of alkyl carbamates (subject to hydrolysis) is 1. The molecule has 2 aromatic carbocycles. The molecule has 0 unspecified atom stereocenters. The molecule has 6 nitrogen and oxygen atoms in total. The molecular weight excluding hydrogens is 428 g/mol. The second-order valence-corrected chi connectivity index (χ2v) is 10.2. The van der Waals surface area contributed by atoms with E-state index in [1.807, 2.05) is 80.3 Å². The van der Waals surface area contributed by atoms with Gasteiger partial charge < -0.3 is 19.7 Å². The maximum absolute atomic E-state index is 13.7. The first kappa shape index (κ1) is 25.3. The molecule has 0 spiro atoms. The van der Waals surface area contributed by atoms with E-state index < -0.39 is 11.7 Å². The summed E-state index contributed by atoms with van der Waals surface area (Å²) in [6.45, 7) is 10.6. The molecule has 1 aliphatic heterocycles. The van der Waals surface area contributed by atoms with E-state index in [1.54, 1.807) is 7.11 Å². The van der Waals surface area contributed by atoms with Crippen LogP contribution in [-0.4, -0.2) is 41.7 Å². The van der Waals surface area contributed by atoms with Gasteiger partial charge in [0.05, 0.1) is 7.11 Å². The summed E-state index contributed by atoms with van der Waals surface area (Å²) in [5, 5.41) is 2.83. The third-order valence-corrected chi connectivity index (χ3v) is 5.87. The number of carbonyl (C=O) groups excluding carboxylic acids is 2. The zero-order valence-electron chi connectivity index (χ0n) is 21.1. The lowest BCUT2D eigenvalue weighted by Gasteiger charge is -2.31. The van der Waals surface area contributed by atoms with Gasteiger partial charge in [0, 0.05) is 30.6 Å². The fraction of sp³-hybridized carbons (Fsp3) is 0.429. The first-order valence-electron chi connectivity index (χ1n) is 11.7. The lowest BCUT2D eigenvalue weighted by atomic mass is 9.92. The molecular formula is C28H36N2O4. The quantitative estimate of drug-likeness (QED) is 0.544. The highest BCUT2D eigenvalue weighted by molar-refractivity contribution is 6.04. The molecule has 0 aliphatic carbocycles. The van der Waals surface area contributed by atoms with Gasteiger partial charge in [0.25, 0.3) is 5.91 Å². The van der Waals surface area contributed by atoms with E-state index in [2.05, 4.69) is 19.2 Å². The maximum atomic E-state index is 13.7. The van der Waals surface area contributed by atoms with Crippen molar-refractivity contribution in [1.82, 2.24) is 10.2 Å². The van der Waals surface area contributed by atoms with Gasteiger partial charge >= 0.3 is 6.09 Å². The number of likely N-dealkylation sites (tertiary alicyclic amines) is 1. The summed E-state index contributed by atoms with van der Waals surface area (Å²) in [5.74, 6) is 0.831. The Hall–Kier alpha value is -3.28. The van der Waals surface area contributed by atoms with E-state index in [1.165, 1.54) is 0 Å². The van der Waals surface area contributed by atoms with Crippen LogP contribution in [0.25, 0.3) is 5.57 Å². The molecule has 0 aromatic heterocycles. The highest BCUT2D eigenvalue weighted by Crippen LogP contribution is 2.39. The molecule has 0 saturated carbocycles. The van der Waals surface area contributed by atoms with Crippen molar-refractivity contribution in [2.24, 2.45) is 0 Å². The van der Waals surface area contributed by atoms with Crippen molar-refractivity contribution in [2.45, 2.75) is 65.1 Å². The van der Waals surface area contributed by atoms with Gasteiger partial charge in [-0.3, -0.25) is 4.79 Å². The van der Waals surface area contributed by atoms with Gasteiger partial charge in [0.15, 0.2) is 0 Å². The Morgan fingerprint density at radius 2 is 1.71 bits per heavy atom. The number of nitrogens with zero attached hydrogens (tertiary/aromatic N) is 1. The van der Waals surface area contributed by atoms with Crippen molar-refractivity contribution >= 4 is 17.6 Å². The fourth-order valence-electron chi connectivity index (χ4n) is 4.19. The van der Waals surface area contributed by atoms with Crippen LogP contribution in [0.5, 0.6) is 5.75 Å². The molecule has 3 rings (SSSR count). The van der Waals surface area contributed by atoms with Crippen LogP contribution in [0.4, 0.5) is 4.79 Å². The normalized spacial score (nSPS) is 16.9. The van der Waals surface area contributed by atoms with Crippen LogP contribution in [-0.2, 0) is 16.1 Å². The third kappa shape index (κ3) is 6.40. The van der Waals surface area contributed by atoms with Crippen molar-refractivity contribution in [3.8, 4) is 5.75 Å². The van der Waals surface area contributed by atoms with Gasteiger partial charge in [-0.1, -0.05) is 42.5 Å². The molecule has 1 aliphatic rings. The van der Waals surface area contributed by atoms with Crippen molar-refractivity contribution in [1.29, 1.82) is 0 Å². The van der Waals surface area contributed by atoms with E-state index >= 15 is 0 Å². The smallest absolute Gasteiger partial charge is 0.407 e. The van der Waals surface area contributed by atoms with E-state index in [4.69, 9.17) is 9.47 Å². The maximum Gasteiger partial charge on any atom is 0.407 e. The first-order valence-corrected chi connectivity index (χ1v) is 11.7. The van der Waals surface area contributed by atoms with Crippen molar-refractivity contribution in [3.05, 3.63) is 71.3 Å². The lowest BCUT2D eigenvalue weighted by Crippen LogP contribution is -2.40. The predicted molar refractivity (Wildman–Crippen MR) is 134 cm³/mol. The highest BCUT2D eigenvalue weighted by atomic mass is 16.6. The Balaban J connectivity index is 1.85. The Labute approximate surface area is 202 Å². The van der Waals surface area contributed by atoms with Crippen molar-refractivity contribution < 1.29 is 19.1 Å². The minimum atomic E-state index is -0.557. The van der Waals surface area contributed by atoms with Crippen LogP contribution < -0.4 is 10.1 Å². The molecule has 182 valence electrons. The van der Waals surface area contributed by atoms with Crippen LogP contribution >= 0.6 is 0 Å². The number of carbonyl (C=O) groups is 2. The van der Waals surface area contributed by atoms with Crippen LogP contribution in [0.3, 0.4) is 0 Å². The summed E-state index contributed by atoms with van der Waals surface area (Å²) < 4.78 is 10.6. The standard InChI is InChI=1S/C28H36N2O4/c1-27(2,3)34-26(32)29-17-16-23(21-10-8-7-9-11-21)24-18-28(4,5)30(25(24)31)19-20-12-14-22(33-6)15-13-20/h7-15H,16-19H2,1-6H3,(H,29,32)/b24-23+. The SMILES string of the molecule is COc1ccc(CN2C(=O)/C(=C(\CCNC(=O)OC(C)(C)C)c3ccccc3)CC2(C)C)cc1. The van der Waals surface area contributed by atoms with Gasteiger partial charge in [-0.2, -0.15) is 0 Å². The molecule has 6 heteroatoms. The first-order chi connectivity index (χ1) is 16.0. The number of benzene rings is 2. The summed E-state index contributed by atoms with van der Waals surface area (Å²) in [7, 11) is 1.64. The summed E-state index contributed by atoms with van der Waals surface area (Å²) in [5.41, 5.74) is 2.93. The molecule has 34 heavy (non-hydrogen) atoms. The topological polar surface area (TPSA) is 67.9 Å². The number of hydrogen-bond acceptors (Lipinski definition) is 4. The summed E-state index contributed by atoms with van der Waals surface area (Å²) in [6, 6.07) is 17.7. The molecule has 1 saturated heterocycles. The minimum absolute atomic E-state index is 0.0388. The van der Waals surface area contributed by atoms with Gasteiger partial charge in [0.2, 0.25) is 0 Å². The lowest BCUT2D eigenvalue weighted by molar-refractivity contribution is -0.128. The number of rotatable bonds is 7. The number of methoxy groups -OCH3 is 1. The molecule has 0 bridgehead atoms. The Bertz CT molecular complexity index is 1030.